The number of morpholine rings is 1. The Balaban J connectivity index is 2.04. The van der Waals surface area contributed by atoms with E-state index in [2.05, 4.69) is 23.7 Å². The predicted octanol–water partition coefficient (Wildman–Crippen LogP) is 2.39. The molecule has 1 aliphatic heterocycles. The third-order valence-corrected chi connectivity index (χ3v) is 3.82. The van der Waals surface area contributed by atoms with E-state index in [0.29, 0.717) is 42.8 Å². The van der Waals surface area contributed by atoms with Crippen LogP contribution in [0.4, 0.5) is 6.01 Å². The van der Waals surface area contributed by atoms with Gasteiger partial charge in [0.05, 0.1) is 24.8 Å². The van der Waals surface area contributed by atoms with Crippen molar-refractivity contribution in [3.05, 3.63) is 23.8 Å². The maximum Gasteiger partial charge on any atom is 0.338 e. The molecule has 2 aromatic rings. The zero-order valence-electron chi connectivity index (χ0n) is 12.1. The van der Waals surface area contributed by atoms with Crippen LogP contribution >= 0.6 is 0 Å². The van der Waals surface area contributed by atoms with Crippen LogP contribution in [0.1, 0.15) is 24.2 Å². The molecule has 0 aliphatic carbocycles. The molecule has 1 fully saturated rings. The lowest BCUT2D eigenvalue weighted by atomic mass is 10.0. The lowest BCUT2D eigenvalue weighted by Crippen LogP contribution is -2.48. The summed E-state index contributed by atoms with van der Waals surface area (Å²) in [5.74, 6) is -0.609. The van der Waals surface area contributed by atoms with Crippen LogP contribution < -0.4 is 4.90 Å². The standard InChI is InChI=1S/C15H18N2O4/c1-9(2)11-8-20-7-6-17(11)15-16-13-10(14(18)19)4-3-5-12(13)21-15/h3-5,9,11H,6-8H2,1-2H3,(H,18,19)/t11-/m1/s1. The van der Waals surface area contributed by atoms with Crippen LogP contribution in [0.25, 0.3) is 11.1 Å². The van der Waals surface area contributed by atoms with Gasteiger partial charge in [0.25, 0.3) is 6.01 Å². The number of carboxylic acid groups (broad SMARTS) is 1. The smallest absolute Gasteiger partial charge is 0.338 e. The maximum absolute atomic E-state index is 11.3. The molecule has 2 heterocycles. The molecule has 0 bridgehead atoms. The molecule has 0 radical (unpaired) electrons. The molecular weight excluding hydrogens is 272 g/mol. The van der Waals surface area contributed by atoms with E-state index in [1.54, 1.807) is 12.1 Å². The van der Waals surface area contributed by atoms with Gasteiger partial charge in [0.2, 0.25) is 0 Å². The Morgan fingerprint density at radius 2 is 2.29 bits per heavy atom. The molecule has 21 heavy (non-hydrogen) atoms. The number of hydrogen-bond acceptors (Lipinski definition) is 5. The number of carboxylic acids is 1. The van der Waals surface area contributed by atoms with E-state index in [-0.39, 0.29) is 11.6 Å². The second kappa shape index (κ2) is 5.37. The van der Waals surface area contributed by atoms with Crippen molar-refractivity contribution in [3.63, 3.8) is 0 Å². The Morgan fingerprint density at radius 1 is 1.48 bits per heavy atom. The number of fused-ring (bicyclic) bond motifs is 1. The Hall–Kier alpha value is -2.08. The van der Waals surface area contributed by atoms with Crippen LogP contribution in [0.15, 0.2) is 22.6 Å². The van der Waals surface area contributed by atoms with E-state index in [1.807, 2.05) is 0 Å². The van der Waals surface area contributed by atoms with Crippen molar-refractivity contribution >= 4 is 23.1 Å². The number of aromatic carboxylic acids is 1. The van der Waals surface area contributed by atoms with Gasteiger partial charge in [-0.3, -0.25) is 0 Å². The molecule has 1 saturated heterocycles. The number of rotatable bonds is 3. The number of anilines is 1. The highest BCUT2D eigenvalue weighted by Gasteiger charge is 2.29. The molecule has 3 rings (SSSR count). The summed E-state index contributed by atoms with van der Waals surface area (Å²) in [4.78, 5) is 17.7. The van der Waals surface area contributed by atoms with Gasteiger partial charge >= 0.3 is 5.97 Å². The fraction of sp³-hybridized carbons (Fsp3) is 0.467. The average Bonchev–Trinajstić information content (AvgIpc) is 2.90. The molecule has 1 aliphatic rings. The second-order valence-corrected chi connectivity index (χ2v) is 5.53. The Bertz CT molecular complexity index is 665. The van der Waals surface area contributed by atoms with Crippen molar-refractivity contribution in [1.29, 1.82) is 0 Å². The first kappa shape index (κ1) is 13.9. The first-order valence-electron chi connectivity index (χ1n) is 7.05. The van der Waals surface area contributed by atoms with Gasteiger partial charge in [0, 0.05) is 6.54 Å². The van der Waals surface area contributed by atoms with E-state index in [0.717, 1.165) is 0 Å². The summed E-state index contributed by atoms with van der Waals surface area (Å²) in [6.07, 6.45) is 0. The normalized spacial score (nSPS) is 19.4. The molecule has 6 nitrogen and oxygen atoms in total. The summed E-state index contributed by atoms with van der Waals surface area (Å²) in [6.45, 7) is 6.18. The predicted molar refractivity (Wildman–Crippen MR) is 77.8 cm³/mol. The number of oxazole rings is 1. The van der Waals surface area contributed by atoms with Crippen molar-refractivity contribution in [3.8, 4) is 0 Å². The molecular formula is C15H18N2O4. The molecule has 1 N–H and O–H groups in total. The second-order valence-electron chi connectivity index (χ2n) is 5.53. The highest BCUT2D eigenvalue weighted by molar-refractivity contribution is 6.00. The van der Waals surface area contributed by atoms with Crippen molar-refractivity contribution in [2.24, 2.45) is 5.92 Å². The Morgan fingerprint density at radius 3 is 3.00 bits per heavy atom. The lowest BCUT2D eigenvalue weighted by molar-refractivity contribution is 0.0698. The molecule has 0 saturated carbocycles. The monoisotopic (exact) mass is 290 g/mol. The summed E-state index contributed by atoms with van der Waals surface area (Å²) in [5.41, 5.74) is 1.06. The molecule has 1 aromatic heterocycles. The molecule has 0 amide bonds. The first-order valence-corrected chi connectivity index (χ1v) is 7.05. The first-order chi connectivity index (χ1) is 10.1. The van der Waals surface area contributed by atoms with Crippen LogP contribution in [0.5, 0.6) is 0 Å². The van der Waals surface area contributed by atoms with E-state index in [9.17, 15) is 9.90 Å². The Kier molecular flexibility index (Phi) is 3.55. The SMILES string of the molecule is CC(C)[C@H]1COCCN1c1nc2c(C(=O)O)cccc2o1. The largest absolute Gasteiger partial charge is 0.478 e. The molecule has 112 valence electrons. The number of carbonyl (C=O) groups is 1. The number of hydrogen-bond donors (Lipinski definition) is 1. The topological polar surface area (TPSA) is 75.8 Å². The quantitative estimate of drug-likeness (QED) is 0.935. The van der Waals surface area contributed by atoms with Crippen molar-refractivity contribution in [2.75, 3.05) is 24.7 Å². The van der Waals surface area contributed by atoms with Crippen LogP contribution in [0.3, 0.4) is 0 Å². The lowest BCUT2D eigenvalue weighted by Gasteiger charge is -2.36. The minimum atomic E-state index is -0.997. The van der Waals surface area contributed by atoms with Gasteiger partial charge in [0.15, 0.2) is 5.58 Å². The molecule has 1 aromatic carbocycles. The zero-order chi connectivity index (χ0) is 15.0. The third kappa shape index (κ3) is 2.47. The van der Waals surface area contributed by atoms with E-state index in [4.69, 9.17) is 9.15 Å². The fourth-order valence-electron chi connectivity index (χ4n) is 2.64. The fourth-order valence-corrected chi connectivity index (χ4v) is 2.64. The van der Waals surface area contributed by atoms with Crippen LogP contribution in [-0.2, 0) is 4.74 Å². The van der Waals surface area contributed by atoms with Gasteiger partial charge in [0.1, 0.15) is 5.52 Å². The summed E-state index contributed by atoms with van der Waals surface area (Å²) >= 11 is 0. The van der Waals surface area contributed by atoms with Crippen LogP contribution in [0, 0.1) is 5.92 Å². The van der Waals surface area contributed by atoms with Crippen molar-refractivity contribution in [2.45, 2.75) is 19.9 Å². The minimum absolute atomic E-state index is 0.164. The number of benzene rings is 1. The highest BCUT2D eigenvalue weighted by atomic mass is 16.5. The van der Waals surface area contributed by atoms with Crippen molar-refractivity contribution in [1.82, 2.24) is 4.98 Å². The van der Waals surface area contributed by atoms with E-state index < -0.39 is 5.97 Å². The van der Waals surface area contributed by atoms with Gasteiger partial charge in [-0.05, 0) is 18.1 Å². The average molecular weight is 290 g/mol. The third-order valence-electron chi connectivity index (χ3n) is 3.82. The van der Waals surface area contributed by atoms with E-state index in [1.165, 1.54) is 6.07 Å². The highest BCUT2D eigenvalue weighted by Crippen LogP contribution is 2.28. The number of para-hydroxylation sites is 1. The van der Waals surface area contributed by atoms with Crippen LogP contribution in [-0.4, -0.2) is 41.9 Å². The molecule has 6 heteroatoms. The van der Waals surface area contributed by atoms with Gasteiger partial charge in [-0.25, -0.2) is 4.79 Å². The number of nitrogens with zero attached hydrogens (tertiary/aromatic N) is 2. The van der Waals surface area contributed by atoms with Gasteiger partial charge in [-0.1, -0.05) is 19.9 Å². The van der Waals surface area contributed by atoms with Crippen LogP contribution in [0.2, 0.25) is 0 Å². The number of ether oxygens (including phenoxy) is 1. The molecule has 1 atom stereocenters. The van der Waals surface area contributed by atoms with Crippen molar-refractivity contribution < 1.29 is 19.1 Å². The summed E-state index contributed by atoms with van der Waals surface area (Å²) in [5, 5.41) is 9.23. The van der Waals surface area contributed by atoms with E-state index >= 15 is 0 Å². The summed E-state index contributed by atoms with van der Waals surface area (Å²) in [7, 11) is 0. The molecule has 0 unspecified atom stereocenters. The van der Waals surface area contributed by atoms with Gasteiger partial charge < -0.3 is 19.2 Å². The minimum Gasteiger partial charge on any atom is -0.478 e. The number of aromatic nitrogens is 1. The zero-order valence-corrected chi connectivity index (χ0v) is 12.1. The van der Waals surface area contributed by atoms with Gasteiger partial charge in [-0.15, -0.1) is 0 Å². The molecule has 0 spiro atoms. The summed E-state index contributed by atoms with van der Waals surface area (Å²) in [6, 6.07) is 5.60. The summed E-state index contributed by atoms with van der Waals surface area (Å²) < 4.78 is 11.3. The Labute approximate surface area is 122 Å². The van der Waals surface area contributed by atoms with Gasteiger partial charge in [-0.2, -0.15) is 4.98 Å². The maximum atomic E-state index is 11.3.